The summed E-state index contributed by atoms with van der Waals surface area (Å²) in [5.74, 6) is 0.682. The van der Waals surface area contributed by atoms with E-state index in [1.807, 2.05) is 49.4 Å². The molecule has 0 bridgehead atoms. The minimum atomic E-state index is -0.457. The van der Waals surface area contributed by atoms with E-state index in [0.29, 0.717) is 11.5 Å². The van der Waals surface area contributed by atoms with Gasteiger partial charge in [0.25, 0.3) is 0 Å². The Kier molecular flexibility index (Phi) is 5.81. The van der Waals surface area contributed by atoms with Crippen LogP contribution in [0.25, 0.3) is 10.8 Å². The van der Waals surface area contributed by atoms with E-state index in [0.717, 1.165) is 29.8 Å². The minimum Gasteiger partial charge on any atom is -0.480 e. The molecule has 0 saturated carbocycles. The van der Waals surface area contributed by atoms with E-state index in [2.05, 4.69) is 47.8 Å². The van der Waals surface area contributed by atoms with Crippen LogP contribution in [0.4, 0.5) is 0 Å². The molecule has 0 unspecified atom stereocenters. The number of benzene rings is 3. The Hall–Kier alpha value is -1.37. The van der Waals surface area contributed by atoms with Crippen molar-refractivity contribution in [3.05, 3.63) is 67.5 Å². The molecule has 0 spiro atoms. The number of rotatable bonds is 4. The summed E-state index contributed by atoms with van der Waals surface area (Å²) in [7, 11) is 0. The van der Waals surface area contributed by atoms with Gasteiger partial charge in [-0.15, -0.1) is 0 Å². The van der Waals surface area contributed by atoms with Crippen molar-refractivity contribution in [2.24, 2.45) is 0 Å². The predicted molar refractivity (Wildman–Crippen MR) is 109 cm³/mol. The van der Waals surface area contributed by atoms with Gasteiger partial charge in [0.1, 0.15) is 11.5 Å². The van der Waals surface area contributed by atoms with E-state index < -0.39 is 5.97 Å². The zero-order valence-corrected chi connectivity index (χ0v) is 17.9. The second-order valence-electron chi connectivity index (χ2n) is 5.39. The fourth-order valence-corrected chi connectivity index (χ4v) is 4.51. The summed E-state index contributed by atoms with van der Waals surface area (Å²) in [6, 6.07) is 15.2. The van der Waals surface area contributed by atoms with Crippen LogP contribution in [0.3, 0.4) is 0 Å². The van der Waals surface area contributed by atoms with Gasteiger partial charge in [0.15, 0.2) is 6.61 Å². The van der Waals surface area contributed by atoms with Crippen molar-refractivity contribution in [3.63, 3.8) is 0 Å². The van der Waals surface area contributed by atoms with Crippen LogP contribution in [0.2, 0.25) is 0 Å². The molecule has 6 heteroatoms. The first-order valence-electron chi connectivity index (χ1n) is 7.42. The number of carbonyl (C=O) groups is 1. The van der Waals surface area contributed by atoms with Gasteiger partial charge in [0, 0.05) is 14.3 Å². The highest BCUT2D eigenvalue weighted by Crippen LogP contribution is 2.33. The molecule has 0 N–H and O–H groups in total. The molecule has 0 aromatic heterocycles. The standard InChI is InChI=1S/C19H13Br3O3/c1-11-8-12(20)9-16(22)19(11)24-10-18(23)25-17-7-6-15(21)13-4-2-3-5-14(13)17/h2-9H,10H2,1H3. The van der Waals surface area contributed by atoms with Crippen LogP contribution in [0.15, 0.2) is 61.9 Å². The lowest BCUT2D eigenvalue weighted by Crippen LogP contribution is -2.18. The Bertz CT molecular complexity index is 931. The third-order valence-electron chi connectivity index (χ3n) is 3.58. The van der Waals surface area contributed by atoms with E-state index in [1.54, 1.807) is 6.07 Å². The van der Waals surface area contributed by atoms with Crippen LogP contribution in [0.1, 0.15) is 5.56 Å². The second kappa shape index (κ2) is 7.89. The van der Waals surface area contributed by atoms with Crippen molar-refractivity contribution in [2.45, 2.75) is 6.92 Å². The summed E-state index contributed by atoms with van der Waals surface area (Å²) >= 11 is 10.4. The highest BCUT2D eigenvalue weighted by molar-refractivity contribution is 9.11. The third kappa shape index (κ3) is 4.25. The zero-order valence-electron chi connectivity index (χ0n) is 13.2. The van der Waals surface area contributed by atoms with Crippen LogP contribution in [-0.4, -0.2) is 12.6 Å². The molecule has 0 heterocycles. The van der Waals surface area contributed by atoms with Gasteiger partial charge >= 0.3 is 5.97 Å². The van der Waals surface area contributed by atoms with Crippen molar-refractivity contribution in [2.75, 3.05) is 6.61 Å². The van der Waals surface area contributed by atoms with Gasteiger partial charge in [-0.25, -0.2) is 4.79 Å². The quantitative estimate of drug-likeness (QED) is 0.289. The molecule has 0 aliphatic carbocycles. The molecular weight excluding hydrogens is 516 g/mol. The number of aryl methyl sites for hydroxylation is 1. The summed E-state index contributed by atoms with van der Waals surface area (Å²) in [6.45, 7) is 1.74. The first-order valence-corrected chi connectivity index (χ1v) is 9.80. The Morgan fingerprint density at radius 2 is 1.68 bits per heavy atom. The first-order chi connectivity index (χ1) is 12.0. The molecule has 0 amide bonds. The zero-order chi connectivity index (χ0) is 18.0. The van der Waals surface area contributed by atoms with E-state index in [9.17, 15) is 4.79 Å². The third-order valence-corrected chi connectivity index (χ3v) is 5.32. The largest absolute Gasteiger partial charge is 0.480 e. The maximum atomic E-state index is 12.2. The van der Waals surface area contributed by atoms with Gasteiger partial charge in [0.2, 0.25) is 0 Å². The molecule has 3 rings (SSSR count). The van der Waals surface area contributed by atoms with Crippen molar-refractivity contribution < 1.29 is 14.3 Å². The summed E-state index contributed by atoms with van der Waals surface area (Å²) in [5, 5.41) is 1.85. The van der Waals surface area contributed by atoms with Crippen LogP contribution < -0.4 is 9.47 Å². The van der Waals surface area contributed by atoms with Crippen LogP contribution in [0.5, 0.6) is 11.5 Å². The van der Waals surface area contributed by atoms with Crippen molar-refractivity contribution in [3.8, 4) is 11.5 Å². The number of fused-ring (bicyclic) bond motifs is 1. The molecule has 0 radical (unpaired) electrons. The maximum absolute atomic E-state index is 12.2. The number of hydrogen-bond acceptors (Lipinski definition) is 3. The van der Waals surface area contributed by atoms with E-state index in [4.69, 9.17) is 9.47 Å². The van der Waals surface area contributed by atoms with Gasteiger partial charge in [0.05, 0.1) is 4.47 Å². The molecule has 0 saturated heterocycles. The normalized spacial score (nSPS) is 10.7. The minimum absolute atomic E-state index is 0.175. The summed E-state index contributed by atoms with van der Waals surface area (Å²) in [5.41, 5.74) is 0.920. The van der Waals surface area contributed by atoms with Crippen LogP contribution in [0, 0.1) is 6.92 Å². The molecule has 0 atom stereocenters. The topological polar surface area (TPSA) is 35.5 Å². The van der Waals surface area contributed by atoms with Gasteiger partial charge in [-0.05, 0) is 58.1 Å². The highest BCUT2D eigenvalue weighted by Gasteiger charge is 2.13. The molecule has 0 aliphatic rings. The van der Waals surface area contributed by atoms with Crippen molar-refractivity contribution in [1.82, 2.24) is 0 Å². The van der Waals surface area contributed by atoms with Crippen molar-refractivity contribution in [1.29, 1.82) is 0 Å². The molecule has 3 aromatic carbocycles. The first kappa shape index (κ1) is 18.4. The van der Waals surface area contributed by atoms with E-state index >= 15 is 0 Å². The lowest BCUT2D eigenvalue weighted by Gasteiger charge is -2.12. The Labute approximate surface area is 170 Å². The number of halogens is 3. The average Bonchev–Trinajstić information content (AvgIpc) is 2.57. The fourth-order valence-electron chi connectivity index (χ4n) is 2.48. The summed E-state index contributed by atoms with van der Waals surface area (Å²) < 4.78 is 13.8. The highest BCUT2D eigenvalue weighted by atomic mass is 79.9. The van der Waals surface area contributed by atoms with Gasteiger partial charge < -0.3 is 9.47 Å². The number of ether oxygens (including phenoxy) is 2. The summed E-state index contributed by atoms with van der Waals surface area (Å²) in [4.78, 5) is 12.2. The fraction of sp³-hybridized carbons (Fsp3) is 0.105. The number of carbonyl (C=O) groups excluding carboxylic acids is 1. The van der Waals surface area contributed by atoms with Gasteiger partial charge in [-0.2, -0.15) is 0 Å². The van der Waals surface area contributed by atoms with E-state index in [1.165, 1.54) is 0 Å². The molecular formula is C19H13Br3O3. The molecule has 3 nitrogen and oxygen atoms in total. The van der Waals surface area contributed by atoms with Crippen LogP contribution in [-0.2, 0) is 4.79 Å². The van der Waals surface area contributed by atoms with Gasteiger partial charge in [-0.1, -0.05) is 56.1 Å². The Morgan fingerprint density at radius 3 is 2.40 bits per heavy atom. The Morgan fingerprint density at radius 1 is 0.960 bits per heavy atom. The van der Waals surface area contributed by atoms with Crippen molar-refractivity contribution >= 4 is 64.5 Å². The summed E-state index contributed by atoms with van der Waals surface area (Å²) in [6.07, 6.45) is 0. The molecule has 3 aromatic rings. The number of esters is 1. The molecule has 0 aliphatic heterocycles. The second-order valence-corrected chi connectivity index (χ2v) is 8.01. The SMILES string of the molecule is Cc1cc(Br)cc(Br)c1OCC(=O)Oc1ccc(Br)c2ccccc12. The lowest BCUT2D eigenvalue weighted by atomic mass is 10.1. The molecule has 25 heavy (non-hydrogen) atoms. The molecule has 128 valence electrons. The average molecular weight is 529 g/mol. The Balaban J connectivity index is 1.75. The molecule has 0 fully saturated rings. The van der Waals surface area contributed by atoms with E-state index in [-0.39, 0.29) is 6.61 Å². The number of hydrogen-bond donors (Lipinski definition) is 0. The monoisotopic (exact) mass is 526 g/mol. The van der Waals surface area contributed by atoms with Gasteiger partial charge in [-0.3, -0.25) is 0 Å². The smallest absolute Gasteiger partial charge is 0.349 e. The lowest BCUT2D eigenvalue weighted by molar-refractivity contribution is -0.136. The predicted octanol–water partition coefficient (Wildman–Crippen LogP) is 6.42. The van der Waals surface area contributed by atoms with Crippen LogP contribution >= 0.6 is 47.8 Å². The maximum Gasteiger partial charge on any atom is 0.349 e.